The van der Waals surface area contributed by atoms with E-state index in [1.54, 1.807) is 13.8 Å². The number of carbonyl (C=O) groups excluding carboxylic acids is 1. The minimum absolute atomic E-state index is 0.357. The number of unbranched alkanes of at least 4 members (excludes halogenated alkanes) is 3. The Morgan fingerprint density at radius 2 is 2.11 bits per heavy atom. The number of aryl methyl sites for hydroxylation is 1. The van der Waals surface area contributed by atoms with Crippen molar-refractivity contribution in [2.75, 3.05) is 18.5 Å². The standard InChI is InChI=1S/C14H23N3O2/c1-4-6-7-8-9-15-14-16-10-12(11(3)17-14)13(18)19-5-2/h10H,4-9H2,1-3H3,(H,15,16,17). The number of hydrogen-bond acceptors (Lipinski definition) is 5. The lowest BCUT2D eigenvalue weighted by Crippen LogP contribution is -2.11. The second-order valence-electron chi connectivity index (χ2n) is 4.40. The van der Waals surface area contributed by atoms with Gasteiger partial charge in [-0.3, -0.25) is 0 Å². The van der Waals surface area contributed by atoms with Crippen LogP contribution in [0.5, 0.6) is 0 Å². The van der Waals surface area contributed by atoms with Gasteiger partial charge in [0, 0.05) is 12.7 Å². The van der Waals surface area contributed by atoms with Crippen LogP contribution in [0.1, 0.15) is 55.6 Å². The van der Waals surface area contributed by atoms with Crippen LogP contribution in [0.2, 0.25) is 0 Å². The topological polar surface area (TPSA) is 64.1 Å². The molecular weight excluding hydrogens is 242 g/mol. The Hall–Kier alpha value is -1.65. The largest absolute Gasteiger partial charge is 0.462 e. The van der Waals surface area contributed by atoms with Crippen molar-refractivity contribution in [2.24, 2.45) is 0 Å². The van der Waals surface area contributed by atoms with Gasteiger partial charge in [-0.1, -0.05) is 26.2 Å². The number of carbonyl (C=O) groups is 1. The van der Waals surface area contributed by atoms with E-state index < -0.39 is 0 Å². The van der Waals surface area contributed by atoms with E-state index in [1.165, 1.54) is 25.5 Å². The highest BCUT2D eigenvalue weighted by Crippen LogP contribution is 2.09. The molecule has 0 aliphatic heterocycles. The van der Waals surface area contributed by atoms with Crippen LogP contribution >= 0.6 is 0 Å². The average Bonchev–Trinajstić information content (AvgIpc) is 2.39. The van der Waals surface area contributed by atoms with Crippen molar-refractivity contribution in [3.05, 3.63) is 17.5 Å². The lowest BCUT2D eigenvalue weighted by Gasteiger charge is -2.08. The van der Waals surface area contributed by atoms with Gasteiger partial charge in [0.25, 0.3) is 0 Å². The zero-order chi connectivity index (χ0) is 14.1. The first kappa shape index (κ1) is 15.4. The van der Waals surface area contributed by atoms with Crippen LogP contribution < -0.4 is 5.32 Å². The van der Waals surface area contributed by atoms with Crippen LogP contribution in [0, 0.1) is 6.92 Å². The number of anilines is 1. The van der Waals surface area contributed by atoms with Gasteiger partial charge in [-0.2, -0.15) is 0 Å². The van der Waals surface area contributed by atoms with Crippen LogP contribution in [0.3, 0.4) is 0 Å². The molecule has 0 bridgehead atoms. The number of aromatic nitrogens is 2. The number of ether oxygens (including phenoxy) is 1. The molecule has 1 heterocycles. The fourth-order valence-electron chi connectivity index (χ4n) is 1.71. The summed E-state index contributed by atoms with van der Waals surface area (Å²) < 4.78 is 4.93. The quantitative estimate of drug-likeness (QED) is 0.578. The Morgan fingerprint density at radius 3 is 2.74 bits per heavy atom. The Morgan fingerprint density at radius 1 is 1.32 bits per heavy atom. The third-order valence-corrected chi connectivity index (χ3v) is 2.79. The first-order valence-corrected chi connectivity index (χ1v) is 6.93. The van der Waals surface area contributed by atoms with E-state index in [0.29, 0.717) is 23.8 Å². The summed E-state index contributed by atoms with van der Waals surface area (Å²) in [4.78, 5) is 20.0. The van der Waals surface area contributed by atoms with Gasteiger partial charge < -0.3 is 10.1 Å². The second-order valence-corrected chi connectivity index (χ2v) is 4.40. The second kappa shape index (κ2) is 8.45. The first-order valence-electron chi connectivity index (χ1n) is 6.93. The number of rotatable bonds is 8. The lowest BCUT2D eigenvalue weighted by atomic mass is 10.2. The number of esters is 1. The van der Waals surface area contributed by atoms with Gasteiger partial charge >= 0.3 is 5.97 Å². The van der Waals surface area contributed by atoms with Crippen molar-refractivity contribution in [3.8, 4) is 0 Å². The van der Waals surface area contributed by atoms with Crippen LogP contribution in [0.25, 0.3) is 0 Å². The third-order valence-electron chi connectivity index (χ3n) is 2.79. The molecule has 1 aromatic heterocycles. The third kappa shape index (κ3) is 5.24. The van der Waals surface area contributed by atoms with Gasteiger partial charge in [0.05, 0.1) is 17.9 Å². The molecule has 1 N–H and O–H groups in total. The molecule has 0 unspecified atom stereocenters. The molecule has 0 fully saturated rings. The Kier molecular flexibility index (Phi) is 6.85. The van der Waals surface area contributed by atoms with E-state index >= 15 is 0 Å². The smallest absolute Gasteiger partial charge is 0.341 e. The fraction of sp³-hybridized carbons (Fsp3) is 0.643. The highest BCUT2D eigenvalue weighted by atomic mass is 16.5. The van der Waals surface area contributed by atoms with E-state index in [0.717, 1.165) is 13.0 Å². The van der Waals surface area contributed by atoms with Crippen LogP contribution in [0.4, 0.5) is 5.95 Å². The Bertz CT molecular complexity index is 408. The van der Waals surface area contributed by atoms with E-state index in [9.17, 15) is 4.79 Å². The summed E-state index contributed by atoms with van der Waals surface area (Å²) >= 11 is 0. The maximum atomic E-state index is 11.6. The van der Waals surface area contributed by atoms with Crippen molar-refractivity contribution in [3.63, 3.8) is 0 Å². The summed E-state index contributed by atoms with van der Waals surface area (Å²) in [5.74, 6) is 0.205. The van der Waals surface area contributed by atoms with Gasteiger partial charge in [0.1, 0.15) is 0 Å². The van der Waals surface area contributed by atoms with Crippen molar-refractivity contribution >= 4 is 11.9 Å². The molecular formula is C14H23N3O2. The minimum Gasteiger partial charge on any atom is -0.462 e. The highest BCUT2D eigenvalue weighted by molar-refractivity contribution is 5.90. The number of nitrogens with zero attached hydrogens (tertiary/aromatic N) is 2. The van der Waals surface area contributed by atoms with E-state index in [1.807, 2.05) is 0 Å². The zero-order valence-electron chi connectivity index (χ0n) is 12.0. The maximum Gasteiger partial charge on any atom is 0.341 e. The summed E-state index contributed by atoms with van der Waals surface area (Å²) in [5, 5.41) is 3.17. The molecule has 0 saturated carbocycles. The van der Waals surface area contributed by atoms with E-state index in [2.05, 4.69) is 22.2 Å². The average molecular weight is 265 g/mol. The van der Waals surface area contributed by atoms with Crippen molar-refractivity contribution in [1.29, 1.82) is 0 Å². The molecule has 0 aromatic carbocycles. The lowest BCUT2D eigenvalue weighted by molar-refractivity contribution is 0.0524. The van der Waals surface area contributed by atoms with Gasteiger partial charge in [0.2, 0.25) is 5.95 Å². The van der Waals surface area contributed by atoms with Crippen molar-refractivity contribution < 1.29 is 9.53 Å². The predicted octanol–water partition coefficient (Wildman–Crippen LogP) is 2.95. The summed E-state index contributed by atoms with van der Waals surface area (Å²) in [5.41, 5.74) is 1.07. The number of nitrogens with one attached hydrogen (secondary N) is 1. The molecule has 19 heavy (non-hydrogen) atoms. The summed E-state index contributed by atoms with van der Waals surface area (Å²) in [6.45, 7) is 6.97. The molecule has 0 radical (unpaired) electrons. The van der Waals surface area contributed by atoms with Gasteiger partial charge in [-0.15, -0.1) is 0 Å². The summed E-state index contributed by atoms with van der Waals surface area (Å²) in [6, 6.07) is 0. The molecule has 1 rings (SSSR count). The molecule has 106 valence electrons. The Balaban J connectivity index is 2.49. The van der Waals surface area contributed by atoms with Gasteiger partial charge in [-0.25, -0.2) is 14.8 Å². The van der Waals surface area contributed by atoms with Gasteiger partial charge in [0.15, 0.2) is 0 Å². The molecule has 0 amide bonds. The normalized spacial score (nSPS) is 10.3. The van der Waals surface area contributed by atoms with Crippen LogP contribution in [-0.2, 0) is 4.74 Å². The van der Waals surface area contributed by atoms with E-state index in [4.69, 9.17) is 4.74 Å². The van der Waals surface area contributed by atoms with Crippen LogP contribution in [0.15, 0.2) is 6.20 Å². The fourth-order valence-corrected chi connectivity index (χ4v) is 1.71. The van der Waals surface area contributed by atoms with Gasteiger partial charge in [-0.05, 0) is 20.3 Å². The Labute approximate surface area is 114 Å². The SMILES string of the molecule is CCCCCCNc1ncc(C(=O)OCC)c(C)n1. The van der Waals surface area contributed by atoms with Crippen molar-refractivity contribution in [1.82, 2.24) is 9.97 Å². The van der Waals surface area contributed by atoms with Crippen LogP contribution in [-0.4, -0.2) is 29.1 Å². The summed E-state index contributed by atoms with van der Waals surface area (Å²) in [7, 11) is 0. The molecule has 0 atom stereocenters. The first-order chi connectivity index (χ1) is 9.19. The van der Waals surface area contributed by atoms with E-state index in [-0.39, 0.29) is 5.97 Å². The minimum atomic E-state index is -0.366. The molecule has 0 aliphatic rings. The monoisotopic (exact) mass is 265 g/mol. The molecule has 0 saturated heterocycles. The molecule has 5 nitrogen and oxygen atoms in total. The number of hydrogen-bond donors (Lipinski definition) is 1. The highest BCUT2D eigenvalue weighted by Gasteiger charge is 2.12. The molecule has 5 heteroatoms. The predicted molar refractivity (Wildman–Crippen MR) is 75.4 cm³/mol. The molecule has 1 aromatic rings. The maximum absolute atomic E-state index is 11.6. The summed E-state index contributed by atoms with van der Waals surface area (Å²) in [6.07, 6.45) is 6.32. The molecule has 0 spiro atoms. The molecule has 0 aliphatic carbocycles. The zero-order valence-corrected chi connectivity index (χ0v) is 12.0. The van der Waals surface area contributed by atoms with Crippen molar-refractivity contribution in [2.45, 2.75) is 46.5 Å².